The van der Waals surface area contributed by atoms with E-state index >= 15 is 0 Å². The van der Waals surface area contributed by atoms with Crippen molar-refractivity contribution in [2.75, 3.05) is 13.1 Å². The first kappa shape index (κ1) is 13.6. The summed E-state index contributed by atoms with van der Waals surface area (Å²) in [5.41, 5.74) is 6.02. The summed E-state index contributed by atoms with van der Waals surface area (Å²) in [7, 11) is 0. The summed E-state index contributed by atoms with van der Waals surface area (Å²) in [4.78, 5) is 3.23. The van der Waals surface area contributed by atoms with Crippen LogP contribution in [-0.2, 0) is 0 Å². The topological polar surface area (TPSA) is 29.3 Å². The molecule has 2 nitrogen and oxygen atoms in total. The Kier molecular flexibility index (Phi) is 4.45. The molecule has 2 N–H and O–H groups in total. The van der Waals surface area contributed by atoms with Crippen LogP contribution in [0.2, 0.25) is 0 Å². The minimum absolute atomic E-state index is 0.267. The van der Waals surface area contributed by atoms with Crippen LogP contribution in [0.1, 0.15) is 5.56 Å². The van der Waals surface area contributed by atoms with Crippen LogP contribution in [0, 0.1) is 5.82 Å². The molecule has 1 heterocycles. The summed E-state index contributed by atoms with van der Waals surface area (Å²) >= 11 is 11.9. The number of benzene rings is 1. The van der Waals surface area contributed by atoms with E-state index in [1.165, 1.54) is 17.8 Å². The van der Waals surface area contributed by atoms with Gasteiger partial charge < -0.3 is 10.6 Å². The van der Waals surface area contributed by atoms with Gasteiger partial charge in [0.15, 0.2) is 0 Å². The van der Waals surface area contributed by atoms with Gasteiger partial charge in [0.05, 0.1) is 4.91 Å². The van der Waals surface area contributed by atoms with Gasteiger partial charge in [0, 0.05) is 18.7 Å². The molecule has 0 aliphatic carbocycles. The molecule has 1 fully saturated rings. The Labute approximate surface area is 120 Å². The summed E-state index contributed by atoms with van der Waals surface area (Å²) in [6, 6.07) is 6.57. The maximum Gasteiger partial charge on any atom is 0.146 e. The van der Waals surface area contributed by atoms with Gasteiger partial charge in [-0.2, -0.15) is 0 Å². The van der Waals surface area contributed by atoms with Gasteiger partial charge in [0.2, 0.25) is 0 Å². The van der Waals surface area contributed by atoms with Crippen molar-refractivity contribution in [3.63, 3.8) is 0 Å². The fraction of sp³-hybridized carbons (Fsp3) is 0.167. The summed E-state index contributed by atoms with van der Waals surface area (Å²) in [5.74, 6) is -0.267. The normalized spacial score (nSPS) is 17.9. The molecule has 18 heavy (non-hydrogen) atoms. The molecular weight excluding hydrogens is 287 g/mol. The van der Waals surface area contributed by atoms with Crippen molar-refractivity contribution in [2.24, 2.45) is 5.73 Å². The molecule has 0 bridgehead atoms. The number of halogens is 1. The van der Waals surface area contributed by atoms with E-state index in [0.717, 1.165) is 4.91 Å². The van der Waals surface area contributed by atoms with Crippen LogP contribution in [0.4, 0.5) is 4.39 Å². The largest absolute Gasteiger partial charge is 0.329 e. The van der Waals surface area contributed by atoms with Crippen LogP contribution < -0.4 is 5.73 Å². The molecule has 6 heteroatoms. The van der Waals surface area contributed by atoms with E-state index in [-0.39, 0.29) is 5.82 Å². The van der Waals surface area contributed by atoms with Crippen molar-refractivity contribution < 1.29 is 4.39 Å². The van der Waals surface area contributed by atoms with E-state index < -0.39 is 0 Å². The third-order valence-electron chi connectivity index (χ3n) is 2.42. The smallest absolute Gasteiger partial charge is 0.146 e. The zero-order chi connectivity index (χ0) is 13.1. The Morgan fingerprint density at radius 3 is 2.72 bits per heavy atom. The molecule has 0 radical (unpaired) electrons. The van der Waals surface area contributed by atoms with Crippen molar-refractivity contribution in [3.05, 3.63) is 40.6 Å². The SMILES string of the molecule is NCCN1C(=S)S/C(=C/c2ccccc2F)C1=S. The third kappa shape index (κ3) is 2.77. The monoisotopic (exact) mass is 298 g/mol. The first-order chi connectivity index (χ1) is 8.63. The van der Waals surface area contributed by atoms with E-state index in [1.54, 1.807) is 24.3 Å². The Morgan fingerprint density at radius 1 is 1.33 bits per heavy atom. The van der Waals surface area contributed by atoms with Gasteiger partial charge in [0.25, 0.3) is 0 Å². The predicted octanol–water partition coefficient (Wildman–Crippen LogP) is 2.79. The number of hydrogen-bond acceptors (Lipinski definition) is 4. The fourth-order valence-corrected chi connectivity index (χ4v) is 3.35. The summed E-state index contributed by atoms with van der Waals surface area (Å²) in [6.07, 6.45) is 1.73. The van der Waals surface area contributed by atoms with E-state index in [2.05, 4.69) is 0 Å². The molecule has 2 rings (SSSR count). The summed E-state index contributed by atoms with van der Waals surface area (Å²) in [5, 5.41) is 0. The first-order valence-corrected chi connectivity index (χ1v) is 6.96. The number of thioether (sulfide) groups is 1. The number of hydrogen-bond donors (Lipinski definition) is 1. The highest BCUT2D eigenvalue weighted by molar-refractivity contribution is 8.27. The van der Waals surface area contributed by atoms with Gasteiger partial charge in [-0.25, -0.2) is 4.39 Å². The molecule has 0 saturated carbocycles. The van der Waals surface area contributed by atoms with Gasteiger partial charge in [-0.15, -0.1) is 0 Å². The fourth-order valence-electron chi connectivity index (χ4n) is 1.56. The molecule has 0 spiro atoms. The number of nitrogens with two attached hydrogens (primary N) is 1. The number of nitrogens with zero attached hydrogens (tertiary/aromatic N) is 1. The molecule has 1 aromatic rings. The second kappa shape index (κ2) is 5.88. The maximum absolute atomic E-state index is 13.5. The van der Waals surface area contributed by atoms with Crippen LogP contribution in [0.3, 0.4) is 0 Å². The Hall–Kier alpha value is -0.820. The van der Waals surface area contributed by atoms with E-state index in [0.29, 0.717) is 28.0 Å². The van der Waals surface area contributed by atoms with Crippen molar-refractivity contribution in [1.82, 2.24) is 4.90 Å². The van der Waals surface area contributed by atoms with Gasteiger partial charge in [-0.1, -0.05) is 54.4 Å². The molecular formula is C12H11FN2S3. The van der Waals surface area contributed by atoms with Gasteiger partial charge >= 0.3 is 0 Å². The van der Waals surface area contributed by atoms with Crippen molar-refractivity contribution >= 4 is 51.6 Å². The Morgan fingerprint density at radius 2 is 2.06 bits per heavy atom. The molecule has 1 aliphatic heterocycles. The zero-order valence-electron chi connectivity index (χ0n) is 9.43. The lowest BCUT2D eigenvalue weighted by atomic mass is 10.2. The van der Waals surface area contributed by atoms with E-state index in [9.17, 15) is 4.39 Å². The minimum atomic E-state index is -0.267. The molecule has 1 aliphatic rings. The maximum atomic E-state index is 13.5. The molecule has 0 amide bonds. The highest BCUT2D eigenvalue weighted by atomic mass is 32.2. The molecule has 1 aromatic carbocycles. The van der Waals surface area contributed by atoms with E-state index in [4.69, 9.17) is 30.2 Å². The van der Waals surface area contributed by atoms with Crippen molar-refractivity contribution in [2.45, 2.75) is 0 Å². The van der Waals surface area contributed by atoms with Crippen molar-refractivity contribution in [1.29, 1.82) is 0 Å². The minimum Gasteiger partial charge on any atom is -0.329 e. The number of thiocarbonyl (C=S) groups is 2. The lowest BCUT2D eigenvalue weighted by Gasteiger charge is -2.14. The molecule has 0 aromatic heterocycles. The van der Waals surface area contributed by atoms with E-state index in [1.807, 2.05) is 4.90 Å². The zero-order valence-corrected chi connectivity index (χ0v) is 11.9. The molecule has 94 valence electrons. The molecule has 0 unspecified atom stereocenters. The van der Waals surface area contributed by atoms with Gasteiger partial charge in [0.1, 0.15) is 15.1 Å². The van der Waals surface area contributed by atoms with Gasteiger partial charge in [-0.05, 0) is 12.1 Å². The second-order valence-corrected chi connectivity index (χ2v) is 5.71. The summed E-state index contributed by atoms with van der Waals surface area (Å²) < 4.78 is 14.2. The Bertz CT molecular complexity index is 528. The molecule has 1 saturated heterocycles. The van der Waals surface area contributed by atoms with Crippen LogP contribution in [-0.4, -0.2) is 27.3 Å². The standard InChI is InChI=1S/C12H11FN2S3/c13-9-4-2-1-3-8(9)7-10-11(16)15(6-5-14)12(17)18-10/h1-4,7H,5-6,14H2/b10-7+. The predicted molar refractivity (Wildman–Crippen MR) is 82.9 cm³/mol. The van der Waals surface area contributed by atoms with Crippen molar-refractivity contribution in [3.8, 4) is 0 Å². The average molecular weight is 298 g/mol. The second-order valence-electron chi connectivity index (χ2n) is 3.64. The molecule has 0 atom stereocenters. The van der Waals surface area contributed by atoms with Crippen LogP contribution in [0.15, 0.2) is 29.2 Å². The lowest BCUT2D eigenvalue weighted by Crippen LogP contribution is -2.31. The summed E-state index contributed by atoms with van der Waals surface area (Å²) in [6.45, 7) is 1.08. The highest BCUT2D eigenvalue weighted by Crippen LogP contribution is 2.33. The third-order valence-corrected chi connectivity index (χ3v) is 4.38. The quantitative estimate of drug-likeness (QED) is 0.684. The van der Waals surface area contributed by atoms with Gasteiger partial charge in [-0.3, -0.25) is 0 Å². The average Bonchev–Trinajstić information content (AvgIpc) is 2.60. The number of rotatable bonds is 3. The Balaban J connectivity index is 2.28. The van der Waals surface area contributed by atoms with Crippen LogP contribution in [0.25, 0.3) is 6.08 Å². The van der Waals surface area contributed by atoms with Crippen LogP contribution in [0.5, 0.6) is 0 Å². The first-order valence-electron chi connectivity index (χ1n) is 5.33. The highest BCUT2D eigenvalue weighted by Gasteiger charge is 2.27. The lowest BCUT2D eigenvalue weighted by molar-refractivity contribution is 0.625. The van der Waals surface area contributed by atoms with Crippen LogP contribution >= 0.6 is 36.2 Å².